The summed E-state index contributed by atoms with van der Waals surface area (Å²) in [5.74, 6) is 0.450. The molecule has 0 fully saturated rings. The van der Waals surface area contributed by atoms with Crippen molar-refractivity contribution in [1.29, 1.82) is 0 Å². The van der Waals surface area contributed by atoms with Gasteiger partial charge in [0.05, 0.1) is 13.2 Å². The molecule has 0 unspecified atom stereocenters. The van der Waals surface area contributed by atoms with Gasteiger partial charge in [-0.2, -0.15) is 4.98 Å². The van der Waals surface area contributed by atoms with Gasteiger partial charge in [-0.1, -0.05) is 29.3 Å². The summed E-state index contributed by atoms with van der Waals surface area (Å²) >= 11 is 12.3. The fourth-order valence-electron chi connectivity index (χ4n) is 2.82. The van der Waals surface area contributed by atoms with Crippen LogP contribution in [0.2, 0.25) is 10.0 Å². The summed E-state index contributed by atoms with van der Waals surface area (Å²) in [4.78, 5) is 29.5. The largest absolute Gasteiger partial charge is 0.383 e. The first kappa shape index (κ1) is 19.5. The zero-order valence-electron chi connectivity index (χ0n) is 15.1. The number of rotatable bonds is 6. The van der Waals surface area contributed by atoms with Gasteiger partial charge in [-0.3, -0.25) is 18.5 Å². The van der Waals surface area contributed by atoms with E-state index in [1.165, 1.54) is 11.6 Å². The highest BCUT2D eigenvalue weighted by atomic mass is 35.5. The van der Waals surface area contributed by atoms with Gasteiger partial charge in [0.1, 0.15) is 0 Å². The van der Waals surface area contributed by atoms with E-state index in [-0.39, 0.29) is 6.54 Å². The number of halogens is 2. The molecular formula is C17H19Cl2N5O3. The third kappa shape index (κ3) is 3.60. The number of anilines is 1. The lowest BCUT2D eigenvalue weighted by atomic mass is 10.2. The second kappa shape index (κ2) is 7.75. The molecule has 0 bridgehead atoms. The Bertz CT molecular complexity index is 1120. The maximum absolute atomic E-state index is 12.8. The average Bonchev–Trinajstić information content (AvgIpc) is 2.99. The topological polar surface area (TPSA) is 83.1 Å². The third-order valence-corrected chi connectivity index (χ3v) is 4.87. The molecule has 2 heterocycles. The van der Waals surface area contributed by atoms with Gasteiger partial charge in [-0.05, 0) is 17.7 Å². The van der Waals surface area contributed by atoms with Gasteiger partial charge in [0.2, 0.25) is 5.95 Å². The summed E-state index contributed by atoms with van der Waals surface area (Å²) in [5, 5.41) is 4.15. The number of nitrogens with one attached hydrogen (secondary N) is 1. The number of hydrogen-bond acceptors (Lipinski definition) is 5. The van der Waals surface area contributed by atoms with Crippen molar-refractivity contribution in [1.82, 2.24) is 18.7 Å². The lowest BCUT2D eigenvalue weighted by molar-refractivity contribution is 0.210. The lowest BCUT2D eigenvalue weighted by Gasteiger charge is -2.12. The molecule has 0 radical (unpaired) electrons. The van der Waals surface area contributed by atoms with Crippen LogP contribution in [0.5, 0.6) is 0 Å². The summed E-state index contributed by atoms with van der Waals surface area (Å²) in [6.45, 7) is 1.24. The first-order chi connectivity index (χ1) is 12.8. The highest BCUT2D eigenvalue weighted by molar-refractivity contribution is 6.35. The van der Waals surface area contributed by atoms with E-state index in [0.29, 0.717) is 40.3 Å². The fourth-order valence-corrected chi connectivity index (χ4v) is 3.29. The second-order valence-corrected chi connectivity index (χ2v) is 6.90. The Morgan fingerprint density at radius 2 is 1.93 bits per heavy atom. The Morgan fingerprint density at radius 1 is 1.19 bits per heavy atom. The number of methoxy groups -OCH3 is 1. The summed E-state index contributed by atoms with van der Waals surface area (Å²) < 4.78 is 9.17. The number of imidazole rings is 1. The van der Waals surface area contributed by atoms with Crippen LogP contribution in [-0.4, -0.2) is 38.9 Å². The van der Waals surface area contributed by atoms with Crippen molar-refractivity contribution in [3.63, 3.8) is 0 Å². The standard InChI is InChI=1S/C17H19Cl2N5O3/c1-22-14-13(15(25)23(2)17(22)26)24(16(21-14)20-6-7-27-3)9-10-4-5-11(18)8-12(10)19/h4-5,8H,6-7,9H2,1-3H3,(H,20,21). The van der Waals surface area contributed by atoms with Gasteiger partial charge in [-0.25, -0.2) is 4.79 Å². The molecule has 2 aromatic heterocycles. The van der Waals surface area contributed by atoms with E-state index >= 15 is 0 Å². The predicted molar refractivity (Wildman–Crippen MR) is 106 cm³/mol. The van der Waals surface area contributed by atoms with Crippen LogP contribution in [-0.2, 0) is 25.4 Å². The van der Waals surface area contributed by atoms with Gasteiger partial charge in [-0.15, -0.1) is 0 Å². The molecule has 8 nitrogen and oxygen atoms in total. The van der Waals surface area contributed by atoms with Crippen LogP contribution in [0.25, 0.3) is 11.2 Å². The van der Waals surface area contributed by atoms with Crippen molar-refractivity contribution in [2.75, 3.05) is 25.6 Å². The zero-order chi connectivity index (χ0) is 19.7. The molecule has 27 heavy (non-hydrogen) atoms. The number of ether oxygens (including phenoxy) is 1. The van der Waals surface area contributed by atoms with Crippen molar-refractivity contribution >= 4 is 40.3 Å². The number of nitrogens with zero attached hydrogens (tertiary/aromatic N) is 4. The van der Waals surface area contributed by atoms with Crippen molar-refractivity contribution in [2.45, 2.75) is 6.54 Å². The smallest absolute Gasteiger partial charge is 0.332 e. The van der Waals surface area contributed by atoms with Crippen LogP contribution in [0.15, 0.2) is 27.8 Å². The molecule has 144 valence electrons. The van der Waals surface area contributed by atoms with E-state index in [0.717, 1.165) is 10.1 Å². The quantitative estimate of drug-likeness (QED) is 0.625. The predicted octanol–water partition coefficient (Wildman–Crippen LogP) is 1.85. The van der Waals surface area contributed by atoms with Crippen LogP contribution in [0.1, 0.15) is 5.56 Å². The minimum Gasteiger partial charge on any atom is -0.383 e. The average molecular weight is 412 g/mol. The van der Waals surface area contributed by atoms with E-state index in [2.05, 4.69) is 10.3 Å². The SMILES string of the molecule is COCCNc1nc2c(c(=O)n(C)c(=O)n2C)n1Cc1ccc(Cl)cc1Cl. The molecule has 3 aromatic rings. The minimum atomic E-state index is -0.440. The number of benzene rings is 1. The maximum Gasteiger partial charge on any atom is 0.332 e. The van der Waals surface area contributed by atoms with E-state index in [9.17, 15) is 9.59 Å². The van der Waals surface area contributed by atoms with E-state index < -0.39 is 11.2 Å². The second-order valence-electron chi connectivity index (χ2n) is 6.05. The highest BCUT2D eigenvalue weighted by Crippen LogP contribution is 2.24. The van der Waals surface area contributed by atoms with Crippen molar-refractivity contribution < 1.29 is 4.74 Å². The molecule has 0 spiro atoms. The Labute approximate surface area is 164 Å². The van der Waals surface area contributed by atoms with Gasteiger partial charge < -0.3 is 10.1 Å². The molecule has 0 atom stereocenters. The Kier molecular flexibility index (Phi) is 5.59. The summed E-state index contributed by atoms with van der Waals surface area (Å²) in [6, 6.07) is 5.17. The molecule has 10 heteroatoms. The fraction of sp³-hybridized carbons (Fsp3) is 0.353. The minimum absolute atomic E-state index is 0.287. The summed E-state index contributed by atoms with van der Waals surface area (Å²) in [5.41, 5.74) is 0.514. The Hall–Kier alpha value is -2.29. The van der Waals surface area contributed by atoms with E-state index in [1.54, 1.807) is 36.9 Å². The van der Waals surface area contributed by atoms with Crippen LogP contribution >= 0.6 is 23.2 Å². The Balaban J connectivity index is 2.22. The first-order valence-corrected chi connectivity index (χ1v) is 8.93. The summed E-state index contributed by atoms with van der Waals surface area (Å²) in [6.07, 6.45) is 0. The summed E-state index contributed by atoms with van der Waals surface area (Å²) in [7, 11) is 4.61. The molecule has 3 rings (SSSR count). The van der Waals surface area contributed by atoms with Crippen LogP contribution < -0.4 is 16.6 Å². The molecular weight excluding hydrogens is 393 g/mol. The monoisotopic (exact) mass is 411 g/mol. The van der Waals surface area contributed by atoms with Crippen molar-refractivity contribution in [2.24, 2.45) is 14.1 Å². The molecule has 0 saturated carbocycles. The van der Waals surface area contributed by atoms with Crippen LogP contribution in [0.4, 0.5) is 5.95 Å². The van der Waals surface area contributed by atoms with Crippen LogP contribution in [0.3, 0.4) is 0 Å². The zero-order valence-corrected chi connectivity index (χ0v) is 16.6. The van der Waals surface area contributed by atoms with E-state index in [1.807, 2.05) is 0 Å². The van der Waals surface area contributed by atoms with Crippen LogP contribution in [0, 0.1) is 0 Å². The number of fused-ring (bicyclic) bond motifs is 1. The molecule has 0 saturated heterocycles. The molecule has 0 aliphatic rings. The first-order valence-electron chi connectivity index (χ1n) is 8.18. The molecule has 0 aliphatic carbocycles. The van der Waals surface area contributed by atoms with Gasteiger partial charge in [0, 0.05) is 37.8 Å². The molecule has 1 N–H and O–H groups in total. The molecule has 0 amide bonds. The number of aryl methyl sites for hydroxylation is 1. The Morgan fingerprint density at radius 3 is 2.59 bits per heavy atom. The van der Waals surface area contributed by atoms with E-state index in [4.69, 9.17) is 27.9 Å². The van der Waals surface area contributed by atoms with Crippen molar-refractivity contribution in [3.8, 4) is 0 Å². The van der Waals surface area contributed by atoms with Crippen molar-refractivity contribution in [3.05, 3.63) is 54.6 Å². The lowest BCUT2D eigenvalue weighted by Crippen LogP contribution is -2.37. The van der Waals surface area contributed by atoms with Gasteiger partial charge in [0.15, 0.2) is 11.2 Å². The maximum atomic E-state index is 12.8. The van der Waals surface area contributed by atoms with Gasteiger partial charge in [0.25, 0.3) is 5.56 Å². The molecule has 0 aliphatic heterocycles. The number of aromatic nitrogens is 4. The third-order valence-electron chi connectivity index (χ3n) is 4.28. The normalized spacial score (nSPS) is 11.3. The number of hydrogen-bond donors (Lipinski definition) is 1. The molecule has 1 aromatic carbocycles. The highest BCUT2D eigenvalue weighted by Gasteiger charge is 2.19. The van der Waals surface area contributed by atoms with Gasteiger partial charge >= 0.3 is 5.69 Å².